The van der Waals surface area contributed by atoms with Crippen LogP contribution in [0.4, 0.5) is 0 Å². The predicted octanol–water partition coefficient (Wildman–Crippen LogP) is 2.25. The summed E-state index contributed by atoms with van der Waals surface area (Å²) in [6.45, 7) is 5.90. The molecule has 12 heavy (non-hydrogen) atoms. The van der Waals surface area contributed by atoms with E-state index in [9.17, 15) is 0 Å². The summed E-state index contributed by atoms with van der Waals surface area (Å²) >= 11 is 0. The van der Waals surface area contributed by atoms with Gasteiger partial charge in [0.1, 0.15) is 0 Å². The van der Waals surface area contributed by atoms with Gasteiger partial charge in [-0.05, 0) is 23.1 Å². The maximum atomic E-state index is 8.82. The molecule has 64 valence electrons. The van der Waals surface area contributed by atoms with Crippen molar-refractivity contribution in [3.63, 3.8) is 0 Å². The molecule has 0 spiro atoms. The van der Waals surface area contributed by atoms with Gasteiger partial charge >= 0.3 is 0 Å². The zero-order chi connectivity index (χ0) is 8.97. The van der Waals surface area contributed by atoms with Crippen molar-refractivity contribution in [1.29, 1.82) is 0 Å². The summed E-state index contributed by atoms with van der Waals surface area (Å²) < 4.78 is 0. The first-order valence-corrected chi connectivity index (χ1v) is 4.16. The maximum Gasteiger partial charge on any atom is 0.0681 e. The Bertz CT molecular complexity index is 259. The molecule has 1 heteroatoms. The minimum absolute atomic E-state index is 0.0332. The van der Waals surface area contributed by atoms with Gasteiger partial charge in [-0.2, -0.15) is 0 Å². The van der Waals surface area contributed by atoms with Crippen molar-refractivity contribution in [3.05, 3.63) is 42.0 Å². The van der Waals surface area contributed by atoms with E-state index in [-0.39, 0.29) is 6.61 Å². The van der Waals surface area contributed by atoms with Crippen LogP contribution >= 0.6 is 0 Å². The van der Waals surface area contributed by atoms with Crippen LogP contribution in [-0.4, -0.2) is 11.7 Å². The fraction of sp³-hybridized carbons (Fsp3) is 0.273. The summed E-state index contributed by atoms with van der Waals surface area (Å²) in [6, 6.07) is 8.13. The third-order valence-electron chi connectivity index (χ3n) is 1.96. The molecule has 1 aromatic rings. The summed E-state index contributed by atoms with van der Waals surface area (Å²) in [4.78, 5) is 0. The van der Waals surface area contributed by atoms with E-state index < -0.39 is 0 Å². The van der Waals surface area contributed by atoms with Gasteiger partial charge in [-0.25, -0.2) is 0 Å². The van der Waals surface area contributed by atoms with Crippen molar-refractivity contribution in [2.75, 3.05) is 6.61 Å². The Kier molecular flexibility index (Phi) is 3.06. The minimum Gasteiger partial charge on any atom is -0.392 e. The van der Waals surface area contributed by atoms with Crippen molar-refractivity contribution < 1.29 is 5.11 Å². The molecule has 1 aromatic carbocycles. The Morgan fingerprint density at radius 2 is 1.92 bits per heavy atom. The number of rotatable bonds is 3. The first-order chi connectivity index (χ1) is 5.77. The van der Waals surface area contributed by atoms with Crippen LogP contribution in [0.5, 0.6) is 0 Å². The molecule has 0 saturated carbocycles. The third kappa shape index (κ3) is 1.95. The quantitative estimate of drug-likeness (QED) is 0.722. The molecule has 0 aliphatic rings. The molecule has 0 radical (unpaired) electrons. The second-order valence-electron chi connectivity index (χ2n) is 2.81. The molecule has 0 aromatic heterocycles. The summed E-state index contributed by atoms with van der Waals surface area (Å²) in [7, 11) is 0. The van der Waals surface area contributed by atoms with Crippen LogP contribution in [-0.2, 0) is 6.42 Å². The highest BCUT2D eigenvalue weighted by Gasteiger charge is 1.95. The second-order valence-corrected chi connectivity index (χ2v) is 2.81. The van der Waals surface area contributed by atoms with E-state index in [4.69, 9.17) is 5.11 Å². The monoisotopic (exact) mass is 162 g/mol. The lowest BCUT2D eigenvalue weighted by Gasteiger charge is -2.02. The SMILES string of the molecule is C=C(CO)c1ccc(CC)cc1. The van der Waals surface area contributed by atoms with E-state index in [1.165, 1.54) is 5.56 Å². The predicted molar refractivity (Wildman–Crippen MR) is 51.9 cm³/mol. The Morgan fingerprint density at radius 1 is 1.33 bits per heavy atom. The average molecular weight is 162 g/mol. The van der Waals surface area contributed by atoms with E-state index >= 15 is 0 Å². The van der Waals surface area contributed by atoms with Gasteiger partial charge in [0.15, 0.2) is 0 Å². The number of aliphatic hydroxyl groups excluding tert-OH is 1. The molecule has 0 aliphatic carbocycles. The highest BCUT2D eigenvalue weighted by atomic mass is 16.3. The van der Waals surface area contributed by atoms with Gasteiger partial charge in [-0.1, -0.05) is 37.8 Å². The van der Waals surface area contributed by atoms with Crippen molar-refractivity contribution in [3.8, 4) is 0 Å². The van der Waals surface area contributed by atoms with Crippen LogP contribution in [0.1, 0.15) is 18.1 Å². The maximum absolute atomic E-state index is 8.82. The van der Waals surface area contributed by atoms with Crippen LogP contribution in [0.3, 0.4) is 0 Å². The van der Waals surface area contributed by atoms with Crippen molar-refractivity contribution in [1.82, 2.24) is 0 Å². The smallest absolute Gasteiger partial charge is 0.0681 e. The molecule has 0 amide bonds. The number of benzene rings is 1. The highest BCUT2D eigenvalue weighted by molar-refractivity contribution is 5.63. The van der Waals surface area contributed by atoms with Gasteiger partial charge in [0.05, 0.1) is 6.61 Å². The Balaban J connectivity index is 2.84. The zero-order valence-electron chi connectivity index (χ0n) is 7.38. The zero-order valence-corrected chi connectivity index (χ0v) is 7.38. The first kappa shape index (κ1) is 9.01. The van der Waals surface area contributed by atoms with E-state index in [0.717, 1.165) is 17.6 Å². The molecular formula is C11H14O. The molecular weight excluding hydrogens is 148 g/mol. The Labute approximate surface area is 73.4 Å². The lowest BCUT2D eigenvalue weighted by Crippen LogP contribution is -1.88. The standard InChI is InChI=1S/C11H14O/c1-3-10-4-6-11(7-5-10)9(2)8-12/h4-7,12H,2-3,8H2,1H3. The number of hydrogen-bond donors (Lipinski definition) is 1. The number of hydrogen-bond acceptors (Lipinski definition) is 1. The number of aliphatic hydroxyl groups is 1. The van der Waals surface area contributed by atoms with Gasteiger partial charge in [0, 0.05) is 0 Å². The van der Waals surface area contributed by atoms with E-state index in [1.54, 1.807) is 0 Å². The summed E-state index contributed by atoms with van der Waals surface area (Å²) in [5.41, 5.74) is 3.11. The Hall–Kier alpha value is -1.08. The molecule has 0 atom stereocenters. The fourth-order valence-electron chi connectivity index (χ4n) is 1.07. The molecule has 0 heterocycles. The van der Waals surface area contributed by atoms with Gasteiger partial charge < -0.3 is 5.11 Å². The minimum atomic E-state index is 0.0332. The van der Waals surface area contributed by atoms with Crippen molar-refractivity contribution in [2.45, 2.75) is 13.3 Å². The second kappa shape index (κ2) is 4.07. The lowest BCUT2D eigenvalue weighted by molar-refractivity contribution is 0.350. The van der Waals surface area contributed by atoms with E-state index in [1.807, 2.05) is 12.1 Å². The first-order valence-electron chi connectivity index (χ1n) is 4.16. The van der Waals surface area contributed by atoms with Gasteiger partial charge in [-0.15, -0.1) is 0 Å². The van der Waals surface area contributed by atoms with Crippen LogP contribution in [0.25, 0.3) is 5.57 Å². The van der Waals surface area contributed by atoms with Crippen LogP contribution in [0.15, 0.2) is 30.8 Å². The van der Waals surface area contributed by atoms with Crippen LogP contribution in [0.2, 0.25) is 0 Å². The normalized spacial score (nSPS) is 9.83. The lowest BCUT2D eigenvalue weighted by atomic mass is 10.1. The Morgan fingerprint density at radius 3 is 2.33 bits per heavy atom. The third-order valence-corrected chi connectivity index (χ3v) is 1.96. The number of aryl methyl sites for hydroxylation is 1. The molecule has 1 nitrogen and oxygen atoms in total. The van der Waals surface area contributed by atoms with Gasteiger partial charge in [-0.3, -0.25) is 0 Å². The molecule has 0 fully saturated rings. The largest absolute Gasteiger partial charge is 0.392 e. The van der Waals surface area contributed by atoms with Gasteiger partial charge in [0.2, 0.25) is 0 Å². The summed E-state index contributed by atoms with van der Waals surface area (Å²) in [5, 5.41) is 8.82. The summed E-state index contributed by atoms with van der Waals surface area (Å²) in [6.07, 6.45) is 1.05. The molecule has 0 bridgehead atoms. The fourth-order valence-corrected chi connectivity index (χ4v) is 1.07. The van der Waals surface area contributed by atoms with Crippen molar-refractivity contribution >= 4 is 5.57 Å². The van der Waals surface area contributed by atoms with E-state index in [0.29, 0.717) is 0 Å². The van der Waals surface area contributed by atoms with Crippen molar-refractivity contribution in [2.24, 2.45) is 0 Å². The average Bonchev–Trinajstić information content (AvgIpc) is 2.17. The summed E-state index contributed by atoms with van der Waals surface area (Å²) in [5.74, 6) is 0. The molecule has 1 rings (SSSR count). The molecule has 0 saturated heterocycles. The molecule has 1 N–H and O–H groups in total. The highest BCUT2D eigenvalue weighted by Crippen LogP contribution is 2.12. The van der Waals surface area contributed by atoms with E-state index in [2.05, 4.69) is 25.6 Å². The molecule has 0 unspecified atom stereocenters. The molecule has 0 aliphatic heterocycles. The van der Waals surface area contributed by atoms with Crippen LogP contribution in [0, 0.1) is 0 Å². The topological polar surface area (TPSA) is 20.2 Å². The van der Waals surface area contributed by atoms with Gasteiger partial charge in [0.25, 0.3) is 0 Å². The van der Waals surface area contributed by atoms with Crippen LogP contribution < -0.4 is 0 Å².